The Bertz CT molecular complexity index is 580. The Morgan fingerprint density at radius 2 is 1.88 bits per heavy atom. The normalized spacial score (nSPS) is 14.8. The maximum atomic E-state index is 12.4. The zero-order valence-corrected chi connectivity index (χ0v) is 14.4. The van der Waals surface area contributed by atoms with E-state index in [-0.39, 0.29) is 12.5 Å². The molecule has 1 aromatic rings. The van der Waals surface area contributed by atoms with Crippen molar-refractivity contribution in [3.63, 3.8) is 0 Å². The Labute approximate surface area is 143 Å². The number of esters is 1. The number of carbonyl (C=O) groups excluding carboxylic acids is 2. The van der Waals surface area contributed by atoms with Gasteiger partial charge in [-0.15, -0.1) is 0 Å². The van der Waals surface area contributed by atoms with Gasteiger partial charge in [0.05, 0.1) is 6.61 Å². The SMILES string of the molecule is CC(C)COC(=O)C1=CCCCCN1C(=O)OCc1ccccc1. The highest BCUT2D eigenvalue weighted by Gasteiger charge is 2.27. The first-order valence-corrected chi connectivity index (χ1v) is 8.43. The van der Waals surface area contributed by atoms with Crippen molar-refractivity contribution in [3.05, 3.63) is 47.7 Å². The molecule has 1 amide bonds. The minimum Gasteiger partial charge on any atom is -0.461 e. The largest absolute Gasteiger partial charge is 0.461 e. The molecule has 5 heteroatoms. The minimum atomic E-state index is -0.506. The van der Waals surface area contributed by atoms with Gasteiger partial charge in [-0.2, -0.15) is 0 Å². The van der Waals surface area contributed by atoms with E-state index in [0.29, 0.717) is 18.8 Å². The lowest BCUT2D eigenvalue weighted by molar-refractivity contribution is -0.141. The van der Waals surface area contributed by atoms with Gasteiger partial charge in [0.2, 0.25) is 0 Å². The standard InChI is InChI=1S/C19H25NO4/c1-15(2)13-23-18(21)17-11-7-4-8-12-20(17)19(22)24-14-16-9-5-3-6-10-16/h3,5-6,9-11,15H,4,7-8,12-14H2,1-2H3. The van der Waals surface area contributed by atoms with Crippen molar-refractivity contribution in [1.82, 2.24) is 4.90 Å². The number of rotatable bonds is 5. The minimum absolute atomic E-state index is 0.185. The number of hydrogen-bond donors (Lipinski definition) is 0. The molecule has 0 unspecified atom stereocenters. The highest BCUT2D eigenvalue weighted by molar-refractivity contribution is 5.92. The molecule has 0 fully saturated rings. The third-order valence-electron chi connectivity index (χ3n) is 3.65. The maximum absolute atomic E-state index is 12.4. The number of allylic oxidation sites excluding steroid dienone is 1. The summed E-state index contributed by atoms with van der Waals surface area (Å²) in [6.07, 6.45) is 3.79. The van der Waals surface area contributed by atoms with Crippen LogP contribution in [-0.2, 0) is 20.9 Å². The van der Waals surface area contributed by atoms with Gasteiger partial charge in [0.25, 0.3) is 0 Å². The highest BCUT2D eigenvalue weighted by atomic mass is 16.6. The fourth-order valence-corrected chi connectivity index (χ4v) is 2.38. The van der Waals surface area contributed by atoms with Gasteiger partial charge in [-0.25, -0.2) is 9.59 Å². The summed E-state index contributed by atoms with van der Waals surface area (Å²) < 4.78 is 10.7. The van der Waals surface area contributed by atoms with Crippen molar-refractivity contribution in [3.8, 4) is 0 Å². The van der Waals surface area contributed by atoms with Gasteiger partial charge in [-0.05, 0) is 30.7 Å². The van der Waals surface area contributed by atoms with Gasteiger partial charge in [-0.1, -0.05) is 50.3 Å². The van der Waals surface area contributed by atoms with Gasteiger partial charge in [0, 0.05) is 6.54 Å². The number of ether oxygens (including phenoxy) is 2. The predicted octanol–water partition coefficient (Wildman–Crippen LogP) is 3.89. The average Bonchev–Trinajstić information content (AvgIpc) is 2.84. The molecule has 0 atom stereocenters. The zero-order chi connectivity index (χ0) is 17.4. The quantitative estimate of drug-likeness (QED) is 0.768. The van der Waals surface area contributed by atoms with Gasteiger partial charge in [0.1, 0.15) is 12.3 Å². The maximum Gasteiger partial charge on any atom is 0.414 e. The van der Waals surface area contributed by atoms with Crippen LogP contribution in [0.1, 0.15) is 38.7 Å². The highest BCUT2D eigenvalue weighted by Crippen LogP contribution is 2.18. The lowest BCUT2D eigenvalue weighted by Gasteiger charge is -2.22. The lowest BCUT2D eigenvalue weighted by Crippen LogP contribution is -2.35. The molecular formula is C19H25NO4. The van der Waals surface area contributed by atoms with E-state index >= 15 is 0 Å². The van der Waals surface area contributed by atoms with Gasteiger partial charge in [-0.3, -0.25) is 4.90 Å². The summed E-state index contributed by atoms with van der Waals surface area (Å²) in [5.41, 5.74) is 1.21. The van der Waals surface area contributed by atoms with E-state index in [0.717, 1.165) is 24.8 Å². The molecule has 0 bridgehead atoms. The molecule has 1 heterocycles. The number of benzene rings is 1. The number of carbonyl (C=O) groups is 2. The van der Waals surface area contributed by atoms with Crippen LogP contribution in [0.25, 0.3) is 0 Å². The predicted molar refractivity (Wildman–Crippen MR) is 91.1 cm³/mol. The van der Waals surface area contributed by atoms with Gasteiger partial charge >= 0.3 is 12.1 Å². The first-order valence-electron chi connectivity index (χ1n) is 8.43. The van der Waals surface area contributed by atoms with Crippen molar-refractivity contribution in [2.45, 2.75) is 39.7 Å². The van der Waals surface area contributed by atoms with Crippen molar-refractivity contribution in [1.29, 1.82) is 0 Å². The first kappa shape index (κ1) is 18.0. The molecule has 0 N–H and O–H groups in total. The topological polar surface area (TPSA) is 55.8 Å². The lowest BCUT2D eigenvalue weighted by atomic mass is 10.2. The molecule has 1 aliphatic rings. The van der Waals surface area contributed by atoms with Crippen LogP contribution in [0.5, 0.6) is 0 Å². The third kappa shape index (κ3) is 5.41. The van der Waals surface area contributed by atoms with E-state index in [2.05, 4.69) is 0 Å². The summed E-state index contributed by atoms with van der Waals surface area (Å²) in [4.78, 5) is 26.1. The van der Waals surface area contributed by atoms with Crippen LogP contribution in [0, 0.1) is 5.92 Å². The molecule has 2 rings (SSSR count). The molecule has 0 saturated carbocycles. The fraction of sp³-hybridized carbons (Fsp3) is 0.474. The van der Waals surface area contributed by atoms with Crippen molar-refractivity contribution in [2.75, 3.05) is 13.2 Å². The van der Waals surface area contributed by atoms with Crippen LogP contribution >= 0.6 is 0 Å². The van der Waals surface area contributed by atoms with E-state index < -0.39 is 12.1 Å². The van der Waals surface area contributed by atoms with E-state index in [1.165, 1.54) is 4.90 Å². The molecular weight excluding hydrogens is 306 g/mol. The Morgan fingerprint density at radius 3 is 2.58 bits per heavy atom. The molecule has 1 aromatic carbocycles. The van der Waals surface area contributed by atoms with Crippen molar-refractivity contribution >= 4 is 12.1 Å². The molecule has 0 aromatic heterocycles. The second kappa shape index (κ2) is 9.11. The zero-order valence-electron chi connectivity index (χ0n) is 14.4. The van der Waals surface area contributed by atoms with Crippen LogP contribution in [0.2, 0.25) is 0 Å². The molecule has 130 valence electrons. The summed E-state index contributed by atoms with van der Waals surface area (Å²) in [6.45, 7) is 4.94. The summed E-state index contributed by atoms with van der Waals surface area (Å²) in [5.74, 6) is -0.207. The summed E-state index contributed by atoms with van der Waals surface area (Å²) >= 11 is 0. The van der Waals surface area contributed by atoms with Crippen LogP contribution in [0.4, 0.5) is 4.79 Å². The Hall–Kier alpha value is -2.30. The van der Waals surface area contributed by atoms with Gasteiger partial charge in [0.15, 0.2) is 0 Å². The molecule has 0 aliphatic carbocycles. The van der Waals surface area contributed by atoms with E-state index in [9.17, 15) is 9.59 Å². The smallest absolute Gasteiger partial charge is 0.414 e. The van der Waals surface area contributed by atoms with Gasteiger partial charge < -0.3 is 9.47 Å². The van der Waals surface area contributed by atoms with Crippen LogP contribution in [0.3, 0.4) is 0 Å². The number of amides is 1. The van der Waals surface area contributed by atoms with E-state index in [1.807, 2.05) is 44.2 Å². The van der Waals surface area contributed by atoms with E-state index in [1.54, 1.807) is 6.08 Å². The average molecular weight is 331 g/mol. The molecule has 24 heavy (non-hydrogen) atoms. The second-order valence-corrected chi connectivity index (χ2v) is 6.27. The molecule has 5 nitrogen and oxygen atoms in total. The third-order valence-corrected chi connectivity index (χ3v) is 3.65. The fourth-order valence-electron chi connectivity index (χ4n) is 2.38. The number of nitrogens with zero attached hydrogens (tertiary/aromatic N) is 1. The summed E-state index contributed by atoms with van der Waals surface area (Å²) in [5, 5.41) is 0. The van der Waals surface area contributed by atoms with Crippen LogP contribution in [0.15, 0.2) is 42.1 Å². The summed E-state index contributed by atoms with van der Waals surface area (Å²) in [7, 11) is 0. The Kier molecular flexibility index (Phi) is 6.85. The molecule has 0 saturated heterocycles. The van der Waals surface area contributed by atoms with Crippen molar-refractivity contribution < 1.29 is 19.1 Å². The van der Waals surface area contributed by atoms with Crippen LogP contribution < -0.4 is 0 Å². The summed E-state index contributed by atoms with van der Waals surface area (Å²) in [6, 6.07) is 9.48. The Morgan fingerprint density at radius 1 is 1.12 bits per heavy atom. The first-order chi connectivity index (χ1) is 11.6. The van der Waals surface area contributed by atoms with Crippen molar-refractivity contribution in [2.24, 2.45) is 5.92 Å². The molecule has 0 spiro atoms. The number of hydrogen-bond acceptors (Lipinski definition) is 4. The van der Waals surface area contributed by atoms with Crippen LogP contribution in [-0.4, -0.2) is 30.1 Å². The molecule has 1 aliphatic heterocycles. The monoisotopic (exact) mass is 331 g/mol. The second-order valence-electron chi connectivity index (χ2n) is 6.27. The molecule has 0 radical (unpaired) electrons. The van der Waals surface area contributed by atoms with E-state index in [4.69, 9.17) is 9.47 Å². The Balaban J connectivity index is 2.00.